The molecule has 0 aromatic heterocycles. The molecule has 0 fully saturated rings. The Hall–Kier alpha value is -1.82. The molecule has 1 aromatic carbocycles. The number of anilines is 1. The van der Waals surface area contributed by atoms with Crippen molar-refractivity contribution in [3.8, 4) is 6.07 Å². The minimum Gasteiger partial charge on any atom is -0.325 e. The Labute approximate surface area is 102 Å². The van der Waals surface area contributed by atoms with Gasteiger partial charge in [-0.05, 0) is 25.0 Å². The average Bonchev–Trinajstić information content (AvgIpc) is 2.29. The Balaban J connectivity index is 2.86. The third kappa shape index (κ3) is 3.32. The summed E-state index contributed by atoms with van der Waals surface area (Å²) < 4.78 is 0. The molecular weight excluding hydrogens is 212 g/mol. The second-order valence-corrected chi connectivity index (χ2v) is 4.29. The van der Waals surface area contributed by atoms with E-state index in [0.717, 1.165) is 18.4 Å². The van der Waals surface area contributed by atoms with Crippen LogP contribution in [0.5, 0.6) is 0 Å². The summed E-state index contributed by atoms with van der Waals surface area (Å²) in [6.07, 6.45) is 1.84. The minimum absolute atomic E-state index is 0.0195. The third-order valence-corrected chi connectivity index (χ3v) is 2.81. The molecule has 1 atom stereocenters. The number of nitrogens with one attached hydrogen (secondary N) is 1. The van der Waals surface area contributed by atoms with Gasteiger partial charge in [-0.3, -0.25) is 4.79 Å². The van der Waals surface area contributed by atoms with Gasteiger partial charge < -0.3 is 5.32 Å². The van der Waals surface area contributed by atoms with Crippen LogP contribution in [-0.2, 0) is 4.79 Å². The van der Waals surface area contributed by atoms with Crippen molar-refractivity contribution in [2.45, 2.75) is 33.6 Å². The smallest absolute Gasteiger partial charge is 0.227 e. The maximum absolute atomic E-state index is 11.9. The second-order valence-electron chi connectivity index (χ2n) is 4.29. The molecule has 0 saturated carbocycles. The van der Waals surface area contributed by atoms with E-state index in [1.807, 2.05) is 26.0 Å². The molecule has 0 radical (unpaired) electrons. The van der Waals surface area contributed by atoms with Gasteiger partial charge in [0.15, 0.2) is 0 Å². The molecule has 0 bridgehead atoms. The van der Waals surface area contributed by atoms with Gasteiger partial charge >= 0.3 is 0 Å². The van der Waals surface area contributed by atoms with Gasteiger partial charge in [0.1, 0.15) is 6.07 Å². The van der Waals surface area contributed by atoms with Crippen molar-refractivity contribution >= 4 is 11.6 Å². The number of rotatable bonds is 4. The third-order valence-electron chi connectivity index (χ3n) is 2.81. The van der Waals surface area contributed by atoms with Crippen LogP contribution in [0.25, 0.3) is 0 Å². The number of aryl methyl sites for hydroxylation is 1. The Morgan fingerprint density at radius 3 is 2.82 bits per heavy atom. The van der Waals surface area contributed by atoms with Gasteiger partial charge in [-0.2, -0.15) is 5.26 Å². The molecule has 0 heterocycles. The van der Waals surface area contributed by atoms with Crippen LogP contribution in [0.1, 0.15) is 37.8 Å². The lowest BCUT2D eigenvalue weighted by atomic mass is 10.0. The van der Waals surface area contributed by atoms with Crippen molar-refractivity contribution in [2.24, 2.45) is 5.92 Å². The summed E-state index contributed by atoms with van der Waals surface area (Å²) in [5, 5.41) is 11.9. The molecule has 0 spiro atoms. The van der Waals surface area contributed by atoms with E-state index in [4.69, 9.17) is 5.26 Å². The highest BCUT2D eigenvalue weighted by Crippen LogP contribution is 2.19. The molecule has 3 heteroatoms. The van der Waals surface area contributed by atoms with Crippen molar-refractivity contribution in [3.63, 3.8) is 0 Å². The fraction of sp³-hybridized carbons (Fsp3) is 0.429. The maximum Gasteiger partial charge on any atom is 0.227 e. The summed E-state index contributed by atoms with van der Waals surface area (Å²) >= 11 is 0. The van der Waals surface area contributed by atoms with E-state index in [0.29, 0.717) is 11.3 Å². The van der Waals surface area contributed by atoms with E-state index >= 15 is 0 Å². The first-order valence-electron chi connectivity index (χ1n) is 5.90. The molecule has 1 N–H and O–H groups in total. The first kappa shape index (κ1) is 13.2. The summed E-state index contributed by atoms with van der Waals surface area (Å²) in [6.45, 7) is 5.82. The fourth-order valence-corrected chi connectivity index (χ4v) is 1.74. The van der Waals surface area contributed by atoms with Crippen LogP contribution in [0.2, 0.25) is 0 Å². The molecular formula is C14H18N2O. The number of nitrogens with zero attached hydrogens (tertiary/aromatic N) is 1. The topological polar surface area (TPSA) is 52.9 Å². The highest BCUT2D eigenvalue weighted by Gasteiger charge is 2.14. The summed E-state index contributed by atoms with van der Waals surface area (Å²) in [4.78, 5) is 11.9. The van der Waals surface area contributed by atoms with Crippen LogP contribution in [0.15, 0.2) is 18.2 Å². The van der Waals surface area contributed by atoms with E-state index < -0.39 is 0 Å². The van der Waals surface area contributed by atoms with Gasteiger partial charge in [-0.15, -0.1) is 0 Å². The van der Waals surface area contributed by atoms with Crippen molar-refractivity contribution < 1.29 is 4.79 Å². The first-order chi connectivity index (χ1) is 8.10. The van der Waals surface area contributed by atoms with Crippen molar-refractivity contribution in [2.75, 3.05) is 5.32 Å². The Morgan fingerprint density at radius 2 is 2.24 bits per heavy atom. The van der Waals surface area contributed by atoms with E-state index in [1.54, 1.807) is 6.07 Å². The van der Waals surface area contributed by atoms with Crippen LogP contribution in [-0.4, -0.2) is 5.91 Å². The number of carbonyl (C=O) groups excluding carboxylic acids is 1. The summed E-state index contributed by atoms with van der Waals surface area (Å²) in [5.74, 6) is -0.0407. The zero-order chi connectivity index (χ0) is 12.8. The van der Waals surface area contributed by atoms with Gasteiger partial charge in [0, 0.05) is 5.92 Å². The monoisotopic (exact) mass is 230 g/mol. The predicted molar refractivity (Wildman–Crippen MR) is 68.6 cm³/mol. The number of hydrogen-bond donors (Lipinski definition) is 1. The average molecular weight is 230 g/mol. The van der Waals surface area contributed by atoms with Crippen LogP contribution in [0, 0.1) is 24.2 Å². The molecule has 0 aliphatic rings. The molecule has 1 amide bonds. The second kappa shape index (κ2) is 6.05. The Kier molecular flexibility index (Phi) is 4.71. The molecule has 1 rings (SSSR count). The van der Waals surface area contributed by atoms with E-state index in [2.05, 4.69) is 18.3 Å². The lowest BCUT2D eigenvalue weighted by molar-refractivity contribution is -0.119. The minimum atomic E-state index is -0.0212. The lowest BCUT2D eigenvalue weighted by Gasteiger charge is -2.12. The number of benzene rings is 1. The van der Waals surface area contributed by atoms with E-state index in [1.165, 1.54) is 0 Å². The van der Waals surface area contributed by atoms with Crippen molar-refractivity contribution in [3.05, 3.63) is 29.3 Å². The Bertz CT molecular complexity index is 446. The van der Waals surface area contributed by atoms with Gasteiger partial charge in [0.2, 0.25) is 5.91 Å². The number of carbonyl (C=O) groups is 1. The van der Waals surface area contributed by atoms with Gasteiger partial charge in [0.05, 0.1) is 11.3 Å². The summed E-state index contributed by atoms with van der Waals surface area (Å²) in [6, 6.07) is 7.60. The zero-order valence-electron chi connectivity index (χ0n) is 10.6. The van der Waals surface area contributed by atoms with Gasteiger partial charge in [-0.1, -0.05) is 32.4 Å². The maximum atomic E-state index is 11.9. The van der Waals surface area contributed by atoms with Crippen LogP contribution in [0.3, 0.4) is 0 Å². The number of hydrogen-bond acceptors (Lipinski definition) is 2. The number of amides is 1. The molecule has 3 nitrogen and oxygen atoms in total. The largest absolute Gasteiger partial charge is 0.325 e. The van der Waals surface area contributed by atoms with Gasteiger partial charge in [0.25, 0.3) is 0 Å². The fourth-order valence-electron chi connectivity index (χ4n) is 1.74. The quantitative estimate of drug-likeness (QED) is 0.863. The standard InChI is InChI=1S/C14H18N2O/c1-4-6-11(3)14(17)16-13-8-5-7-10(2)12(13)9-15/h5,7-8,11H,4,6H2,1-3H3,(H,16,17). The van der Waals surface area contributed by atoms with Gasteiger partial charge in [-0.25, -0.2) is 0 Å². The summed E-state index contributed by atoms with van der Waals surface area (Å²) in [7, 11) is 0. The molecule has 90 valence electrons. The van der Waals surface area contributed by atoms with Crippen LogP contribution < -0.4 is 5.32 Å². The predicted octanol–water partition coefficient (Wildman–Crippen LogP) is 3.24. The molecule has 0 saturated heterocycles. The highest BCUT2D eigenvalue weighted by atomic mass is 16.1. The lowest BCUT2D eigenvalue weighted by Crippen LogP contribution is -2.20. The van der Waals surface area contributed by atoms with E-state index in [9.17, 15) is 4.79 Å². The molecule has 17 heavy (non-hydrogen) atoms. The normalized spacial score (nSPS) is 11.6. The zero-order valence-corrected chi connectivity index (χ0v) is 10.6. The van der Waals surface area contributed by atoms with Crippen molar-refractivity contribution in [1.82, 2.24) is 0 Å². The Morgan fingerprint density at radius 1 is 1.53 bits per heavy atom. The van der Waals surface area contributed by atoms with Crippen LogP contribution >= 0.6 is 0 Å². The summed E-state index contributed by atoms with van der Waals surface area (Å²) in [5.41, 5.74) is 2.04. The van der Waals surface area contributed by atoms with Crippen molar-refractivity contribution in [1.29, 1.82) is 5.26 Å². The first-order valence-corrected chi connectivity index (χ1v) is 5.90. The SMILES string of the molecule is CCCC(C)C(=O)Nc1cccc(C)c1C#N. The number of nitriles is 1. The molecule has 1 aromatic rings. The van der Waals surface area contributed by atoms with E-state index in [-0.39, 0.29) is 11.8 Å². The highest BCUT2D eigenvalue weighted by molar-refractivity contribution is 5.93. The van der Waals surface area contributed by atoms with Crippen LogP contribution in [0.4, 0.5) is 5.69 Å². The molecule has 0 aliphatic heterocycles. The molecule has 1 unspecified atom stereocenters. The molecule has 0 aliphatic carbocycles.